The average Bonchev–Trinajstić information content (AvgIpc) is 3.09. The first-order valence-corrected chi connectivity index (χ1v) is 10.4. The number of anilines is 1. The lowest BCUT2D eigenvalue weighted by atomic mass is 10.0. The fourth-order valence-electron chi connectivity index (χ4n) is 4.31. The highest BCUT2D eigenvalue weighted by atomic mass is 16.5. The van der Waals surface area contributed by atoms with Crippen LogP contribution in [0.5, 0.6) is 5.75 Å². The number of H-pyrrole nitrogens is 1. The molecule has 5 nitrogen and oxygen atoms in total. The lowest BCUT2D eigenvalue weighted by molar-refractivity contribution is 0.0830. The summed E-state index contributed by atoms with van der Waals surface area (Å²) in [6.07, 6.45) is 0. The maximum Gasteiger partial charge on any atom is 0.182 e. The molecule has 0 saturated carbocycles. The Morgan fingerprint density at radius 3 is 2.52 bits per heavy atom. The molecule has 4 rings (SSSR count). The first-order valence-electron chi connectivity index (χ1n) is 10.4. The summed E-state index contributed by atoms with van der Waals surface area (Å²) in [4.78, 5) is 21.3. The molecule has 0 unspecified atom stereocenters. The summed E-state index contributed by atoms with van der Waals surface area (Å²) in [5.74, 6) is 1.13. The van der Waals surface area contributed by atoms with Crippen LogP contribution in [-0.4, -0.2) is 54.5 Å². The first-order chi connectivity index (χ1) is 14.1. The van der Waals surface area contributed by atoms with Crippen LogP contribution in [0.4, 0.5) is 5.69 Å². The number of hydrogen-bond acceptors (Lipinski definition) is 4. The SMILES string of the molecule is CCOc1ccccc1N1CCN([C@H](C)C(=O)c2c(C)[nH]c3ccccc23)CC1. The van der Waals surface area contributed by atoms with Gasteiger partial charge >= 0.3 is 0 Å². The molecule has 1 N–H and O–H groups in total. The first kappa shape index (κ1) is 19.5. The van der Waals surface area contributed by atoms with Crippen molar-refractivity contribution in [1.29, 1.82) is 0 Å². The predicted molar refractivity (Wildman–Crippen MR) is 118 cm³/mol. The second kappa shape index (κ2) is 8.29. The number of aryl methyl sites for hydroxylation is 1. The molecule has 0 radical (unpaired) electrons. The molecule has 0 aliphatic carbocycles. The number of rotatable bonds is 6. The zero-order valence-corrected chi connectivity index (χ0v) is 17.4. The molecule has 1 fully saturated rings. The quantitative estimate of drug-likeness (QED) is 0.638. The Labute approximate surface area is 172 Å². The molecule has 0 amide bonds. The third kappa shape index (κ3) is 3.75. The molecule has 2 heterocycles. The van der Waals surface area contributed by atoms with E-state index in [4.69, 9.17) is 4.74 Å². The summed E-state index contributed by atoms with van der Waals surface area (Å²) >= 11 is 0. The number of Topliss-reactive ketones (excluding diaryl/α,β-unsaturated/α-hetero) is 1. The number of piperazine rings is 1. The number of nitrogens with one attached hydrogen (secondary N) is 1. The van der Waals surface area contributed by atoms with Gasteiger partial charge in [-0.2, -0.15) is 0 Å². The molecule has 1 aromatic heterocycles. The van der Waals surface area contributed by atoms with Crippen molar-refractivity contribution in [3.05, 3.63) is 59.8 Å². The van der Waals surface area contributed by atoms with Crippen LogP contribution in [0.1, 0.15) is 29.9 Å². The molecule has 5 heteroatoms. The molecule has 1 aliphatic heterocycles. The fourth-order valence-corrected chi connectivity index (χ4v) is 4.31. The number of aromatic amines is 1. The van der Waals surface area contributed by atoms with Crippen LogP contribution >= 0.6 is 0 Å². The van der Waals surface area contributed by atoms with Gasteiger partial charge in [0.05, 0.1) is 18.3 Å². The van der Waals surface area contributed by atoms with Crippen LogP contribution in [0.25, 0.3) is 10.9 Å². The van der Waals surface area contributed by atoms with Gasteiger partial charge in [0, 0.05) is 48.3 Å². The van der Waals surface area contributed by atoms with Gasteiger partial charge in [-0.15, -0.1) is 0 Å². The van der Waals surface area contributed by atoms with E-state index in [1.807, 2.05) is 57.2 Å². The Morgan fingerprint density at radius 1 is 1.07 bits per heavy atom. The highest BCUT2D eigenvalue weighted by Gasteiger charge is 2.29. The van der Waals surface area contributed by atoms with Crippen molar-refractivity contribution in [2.24, 2.45) is 0 Å². The predicted octanol–water partition coefficient (Wildman–Crippen LogP) is 4.27. The van der Waals surface area contributed by atoms with E-state index in [0.29, 0.717) is 6.61 Å². The number of ether oxygens (including phenoxy) is 1. The van der Waals surface area contributed by atoms with Gasteiger partial charge in [0.2, 0.25) is 0 Å². The normalized spacial score (nSPS) is 16.2. The second-order valence-electron chi connectivity index (χ2n) is 7.63. The van der Waals surface area contributed by atoms with Gasteiger partial charge in [-0.25, -0.2) is 0 Å². The second-order valence-corrected chi connectivity index (χ2v) is 7.63. The van der Waals surface area contributed by atoms with Crippen molar-refractivity contribution in [1.82, 2.24) is 9.88 Å². The van der Waals surface area contributed by atoms with Gasteiger partial charge in [0.1, 0.15) is 5.75 Å². The lowest BCUT2D eigenvalue weighted by Crippen LogP contribution is -2.51. The summed E-state index contributed by atoms with van der Waals surface area (Å²) in [5, 5.41) is 1.02. The van der Waals surface area contributed by atoms with Crippen LogP contribution < -0.4 is 9.64 Å². The molecule has 0 spiro atoms. The number of ketones is 1. The van der Waals surface area contributed by atoms with Crippen molar-refractivity contribution in [2.75, 3.05) is 37.7 Å². The maximum absolute atomic E-state index is 13.3. The van der Waals surface area contributed by atoms with Crippen LogP contribution in [0, 0.1) is 6.92 Å². The molecule has 0 bridgehead atoms. The van der Waals surface area contributed by atoms with E-state index in [9.17, 15) is 4.79 Å². The third-order valence-electron chi connectivity index (χ3n) is 5.89. The number of benzene rings is 2. The van der Waals surface area contributed by atoms with E-state index in [-0.39, 0.29) is 11.8 Å². The summed E-state index contributed by atoms with van der Waals surface area (Å²) in [5.41, 5.74) is 3.95. The van der Waals surface area contributed by atoms with Gasteiger partial charge in [-0.05, 0) is 39.0 Å². The Morgan fingerprint density at radius 2 is 1.76 bits per heavy atom. The smallest absolute Gasteiger partial charge is 0.182 e. The maximum atomic E-state index is 13.3. The van der Waals surface area contributed by atoms with Gasteiger partial charge < -0.3 is 14.6 Å². The highest BCUT2D eigenvalue weighted by molar-refractivity contribution is 6.11. The lowest BCUT2D eigenvalue weighted by Gasteiger charge is -2.39. The van der Waals surface area contributed by atoms with Crippen molar-refractivity contribution < 1.29 is 9.53 Å². The van der Waals surface area contributed by atoms with E-state index >= 15 is 0 Å². The minimum atomic E-state index is -0.141. The van der Waals surface area contributed by atoms with E-state index in [1.165, 1.54) is 0 Å². The van der Waals surface area contributed by atoms with Crippen LogP contribution in [0.15, 0.2) is 48.5 Å². The van der Waals surface area contributed by atoms with E-state index in [1.54, 1.807) is 0 Å². The monoisotopic (exact) mass is 391 g/mol. The largest absolute Gasteiger partial charge is 0.492 e. The fraction of sp³-hybridized carbons (Fsp3) is 0.375. The molecule has 2 aromatic carbocycles. The van der Waals surface area contributed by atoms with E-state index < -0.39 is 0 Å². The van der Waals surface area contributed by atoms with Gasteiger partial charge in [-0.1, -0.05) is 30.3 Å². The number of carbonyl (C=O) groups is 1. The highest BCUT2D eigenvalue weighted by Crippen LogP contribution is 2.30. The molecule has 1 aliphatic rings. The van der Waals surface area contributed by atoms with E-state index in [0.717, 1.165) is 59.8 Å². The van der Waals surface area contributed by atoms with E-state index in [2.05, 4.69) is 26.9 Å². The Bertz CT molecular complexity index is 1000. The molecule has 1 atom stereocenters. The van der Waals surface area contributed by atoms with Crippen LogP contribution in [0.2, 0.25) is 0 Å². The Balaban J connectivity index is 1.47. The van der Waals surface area contributed by atoms with Crippen LogP contribution in [0.3, 0.4) is 0 Å². The molecule has 1 saturated heterocycles. The summed E-state index contributed by atoms with van der Waals surface area (Å²) in [6, 6.07) is 16.1. The van der Waals surface area contributed by atoms with Crippen molar-refractivity contribution in [3.63, 3.8) is 0 Å². The average molecular weight is 392 g/mol. The zero-order valence-electron chi connectivity index (χ0n) is 17.4. The number of para-hydroxylation sites is 3. The van der Waals surface area contributed by atoms with Crippen molar-refractivity contribution in [3.8, 4) is 5.75 Å². The Kier molecular flexibility index (Phi) is 5.58. The van der Waals surface area contributed by atoms with Gasteiger partial charge in [0.25, 0.3) is 0 Å². The topological polar surface area (TPSA) is 48.6 Å². The molecule has 29 heavy (non-hydrogen) atoms. The van der Waals surface area contributed by atoms with Gasteiger partial charge in [0.15, 0.2) is 5.78 Å². The Hall–Kier alpha value is -2.79. The number of nitrogens with zero attached hydrogens (tertiary/aromatic N) is 2. The summed E-state index contributed by atoms with van der Waals surface area (Å²) in [7, 11) is 0. The minimum Gasteiger partial charge on any atom is -0.492 e. The van der Waals surface area contributed by atoms with Gasteiger partial charge in [-0.3, -0.25) is 9.69 Å². The number of aromatic nitrogens is 1. The standard InChI is InChI=1S/C24H29N3O2/c1-4-29-22-12-8-7-11-21(22)27-15-13-26(14-16-27)18(3)24(28)23-17(2)25-20-10-6-5-9-19(20)23/h5-12,18,25H,4,13-16H2,1-3H3/t18-/m1/s1. The molecule has 152 valence electrons. The number of hydrogen-bond donors (Lipinski definition) is 1. The van der Waals surface area contributed by atoms with Crippen molar-refractivity contribution >= 4 is 22.4 Å². The van der Waals surface area contributed by atoms with Crippen LogP contribution in [-0.2, 0) is 0 Å². The van der Waals surface area contributed by atoms with Crippen molar-refractivity contribution in [2.45, 2.75) is 26.8 Å². The number of fused-ring (bicyclic) bond motifs is 1. The molecular weight excluding hydrogens is 362 g/mol. The molecule has 3 aromatic rings. The third-order valence-corrected chi connectivity index (χ3v) is 5.89. The number of carbonyl (C=O) groups excluding carboxylic acids is 1. The summed E-state index contributed by atoms with van der Waals surface area (Å²) in [6.45, 7) is 10.2. The zero-order chi connectivity index (χ0) is 20.4. The molecular formula is C24H29N3O2. The minimum absolute atomic E-state index is 0.141. The summed E-state index contributed by atoms with van der Waals surface area (Å²) < 4.78 is 5.79.